The third-order valence-corrected chi connectivity index (χ3v) is 3.21. The molecule has 0 spiro atoms. The summed E-state index contributed by atoms with van der Waals surface area (Å²) in [4.78, 5) is 23.2. The fourth-order valence-electron chi connectivity index (χ4n) is 1.98. The van der Waals surface area contributed by atoms with Gasteiger partial charge in [-0.05, 0) is 31.2 Å². The van der Waals surface area contributed by atoms with Crippen LogP contribution in [0.4, 0.5) is 21.0 Å². The standard InChI is InChI=1S/C19H22N2O5/c1-15(14-26-19(23)21-17-10-6-3-7-11-17)24-12-13-25-18(22)20-16-8-4-2-5-9-16/h2-11,15H,12-14H2,1H3,(H,20,22)(H,21,23). The summed E-state index contributed by atoms with van der Waals surface area (Å²) in [6, 6.07) is 18.0. The Morgan fingerprint density at radius 2 is 1.31 bits per heavy atom. The van der Waals surface area contributed by atoms with Crippen LogP contribution in [0.5, 0.6) is 0 Å². The van der Waals surface area contributed by atoms with Gasteiger partial charge in [0.25, 0.3) is 0 Å². The second-order valence-corrected chi connectivity index (χ2v) is 5.40. The molecule has 0 saturated heterocycles. The highest BCUT2D eigenvalue weighted by Crippen LogP contribution is 2.06. The van der Waals surface area contributed by atoms with Crippen LogP contribution < -0.4 is 10.6 Å². The van der Waals surface area contributed by atoms with Gasteiger partial charge in [-0.1, -0.05) is 36.4 Å². The fraction of sp³-hybridized carbons (Fsp3) is 0.263. The summed E-state index contributed by atoms with van der Waals surface area (Å²) in [6.07, 6.45) is -1.42. The third kappa shape index (κ3) is 7.67. The van der Waals surface area contributed by atoms with Crippen molar-refractivity contribution in [3.63, 3.8) is 0 Å². The van der Waals surface area contributed by atoms with Gasteiger partial charge < -0.3 is 14.2 Å². The van der Waals surface area contributed by atoms with Gasteiger partial charge in [0.1, 0.15) is 13.2 Å². The maximum absolute atomic E-state index is 11.6. The Hall–Kier alpha value is -3.06. The van der Waals surface area contributed by atoms with Crippen molar-refractivity contribution in [2.45, 2.75) is 13.0 Å². The topological polar surface area (TPSA) is 85.9 Å². The molecule has 2 N–H and O–H groups in total. The van der Waals surface area contributed by atoms with Crippen molar-refractivity contribution in [2.24, 2.45) is 0 Å². The van der Waals surface area contributed by atoms with Gasteiger partial charge in [-0.25, -0.2) is 9.59 Å². The summed E-state index contributed by atoms with van der Waals surface area (Å²) in [5.74, 6) is 0. The number of anilines is 2. The monoisotopic (exact) mass is 358 g/mol. The first-order valence-corrected chi connectivity index (χ1v) is 8.23. The molecule has 0 fully saturated rings. The lowest BCUT2D eigenvalue weighted by Gasteiger charge is -2.14. The first-order chi connectivity index (χ1) is 12.6. The number of ether oxygens (including phenoxy) is 3. The largest absolute Gasteiger partial charge is 0.447 e. The Balaban J connectivity index is 1.54. The van der Waals surface area contributed by atoms with Gasteiger partial charge >= 0.3 is 12.2 Å². The van der Waals surface area contributed by atoms with Crippen LogP contribution in [0.2, 0.25) is 0 Å². The molecule has 7 nitrogen and oxygen atoms in total. The summed E-state index contributed by atoms with van der Waals surface area (Å²) in [5, 5.41) is 5.21. The Kier molecular flexibility index (Phi) is 7.95. The van der Waals surface area contributed by atoms with Gasteiger partial charge in [0.2, 0.25) is 0 Å². The first kappa shape index (κ1) is 19.3. The van der Waals surface area contributed by atoms with Gasteiger partial charge in [-0.2, -0.15) is 0 Å². The van der Waals surface area contributed by atoms with E-state index >= 15 is 0 Å². The second-order valence-electron chi connectivity index (χ2n) is 5.40. The van der Waals surface area contributed by atoms with Gasteiger partial charge in [-0.15, -0.1) is 0 Å². The van der Waals surface area contributed by atoms with E-state index in [4.69, 9.17) is 14.2 Å². The van der Waals surface area contributed by atoms with Gasteiger partial charge in [0, 0.05) is 11.4 Å². The summed E-state index contributed by atoms with van der Waals surface area (Å²) in [7, 11) is 0. The quantitative estimate of drug-likeness (QED) is 0.699. The summed E-state index contributed by atoms with van der Waals surface area (Å²) < 4.78 is 15.5. The van der Waals surface area contributed by atoms with Crippen molar-refractivity contribution in [3.8, 4) is 0 Å². The molecule has 1 atom stereocenters. The molecule has 0 aliphatic heterocycles. The number of rotatable bonds is 8. The van der Waals surface area contributed by atoms with Crippen molar-refractivity contribution < 1.29 is 23.8 Å². The molecule has 2 aromatic rings. The molecular weight excluding hydrogens is 336 g/mol. The zero-order valence-corrected chi connectivity index (χ0v) is 14.5. The minimum atomic E-state index is -0.551. The molecule has 2 rings (SSSR count). The van der Waals surface area contributed by atoms with E-state index in [1.54, 1.807) is 31.2 Å². The molecule has 26 heavy (non-hydrogen) atoms. The number of carbonyl (C=O) groups excluding carboxylic acids is 2. The molecule has 2 aromatic carbocycles. The van der Waals surface area contributed by atoms with Gasteiger partial charge in [0.05, 0.1) is 12.7 Å². The molecular formula is C19H22N2O5. The highest BCUT2D eigenvalue weighted by molar-refractivity contribution is 5.84. The van der Waals surface area contributed by atoms with Crippen LogP contribution in [-0.4, -0.2) is 38.1 Å². The van der Waals surface area contributed by atoms with E-state index in [0.29, 0.717) is 11.4 Å². The summed E-state index contributed by atoms with van der Waals surface area (Å²) in [6.45, 7) is 2.15. The molecule has 0 aromatic heterocycles. The third-order valence-electron chi connectivity index (χ3n) is 3.21. The number of para-hydroxylation sites is 2. The molecule has 0 saturated carbocycles. The van der Waals surface area contributed by atoms with Crippen LogP contribution in [0.25, 0.3) is 0 Å². The smallest absolute Gasteiger partial charge is 0.411 e. The van der Waals surface area contributed by atoms with Crippen molar-refractivity contribution in [1.82, 2.24) is 0 Å². The lowest BCUT2D eigenvalue weighted by molar-refractivity contribution is 0.000888. The Morgan fingerprint density at radius 3 is 1.85 bits per heavy atom. The highest BCUT2D eigenvalue weighted by atomic mass is 16.6. The minimum Gasteiger partial charge on any atom is -0.447 e. The number of benzene rings is 2. The molecule has 0 radical (unpaired) electrons. The van der Waals surface area contributed by atoms with Crippen LogP contribution in [0, 0.1) is 0 Å². The number of amides is 2. The number of carbonyl (C=O) groups is 2. The second kappa shape index (κ2) is 10.7. The SMILES string of the molecule is CC(COC(=O)Nc1ccccc1)OCCOC(=O)Nc1ccccc1. The van der Waals surface area contributed by atoms with E-state index in [2.05, 4.69) is 10.6 Å². The van der Waals surface area contributed by atoms with Crippen molar-refractivity contribution >= 4 is 23.6 Å². The van der Waals surface area contributed by atoms with Gasteiger partial charge in [-0.3, -0.25) is 10.6 Å². The van der Waals surface area contributed by atoms with E-state index in [0.717, 1.165) is 0 Å². The van der Waals surface area contributed by atoms with Crippen LogP contribution in [-0.2, 0) is 14.2 Å². The molecule has 7 heteroatoms. The van der Waals surface area contributed by atoms with Crippen LogP contribution in [0.3, 0.4) is 0 Å². The van der Waals surface area contributed by atoms with Crippen LogP contribution >= 0.6 is 0 Å². The average Bonchev–Trinajstić information content (AvgIpc) is 2.65. The summed E-state index contributed by atoms with van der Waals surface area (Å²) >= 11 is 0. The lowest BCUT2D eigenvalue weighted by atomic mass is 10.3. The Bertz CT molecular complexity index is 679. The zero-order valence-electron chi connectivity index (χ0n) is 14.5. The molecule has 1 unspecified atom stereocenters. The van der Waals surface area contributed by atoms with Crippen molar-refractivity contribution in [3.05, 3.63) is 60.7 Å². The Labute approximate surface area is 152 Å². The molecule has 0 aliphatic rings. The highest BCUT2D eigenvalue weighted by Gasteiger charge is 2.09. The molecule has 0 aliphatic carbocycles. The zero-order chi connectivity index (χ0) is 18.6. The molecule has 0 bridgehead atoms. The van der Waals surface area contributed by atoms with E-state index in [9.17, 15) is 9.59 Å². The van der Waals surface area contributed by atoms with Gasteiger partial charge in [0.15, 0.2) is 0 Å². The predicted octanol–water partition coefficient (Wildman–Crippen LogP) is 3.89. The number of hydrogen-bond donors (Lipinski definition) is 2. The summed E-state index contributed by atoms with van der Waals surface area (Å²) in [5.41, 5.74) is 1.31. The van der Waals surface area contributed by atoms with E-state index in [1.165, 1.54) is 0 Å². The van der Waals surface area contributed by atoms with E-state index in [1.807, 2.05) is 36.4 Å². The predicted molar refractivity (Wildman–Crippen MR) is 98.2 cm³/mol. The van der Waals surface area contributed by atoms with Crippen LogP contribution in [0.15, 0.2) is 60.7 Å². The normalized spacial score (nSPS) is 11.3. The van der Waals surface area contributed by atoms with Crippen LogP contribution in [0.1, 0.15) is 6.92 Å². The van der Waals surface area contributed by atoms with E-state index in [-0.39, 0.29) is 25.9 Å². The van der Waals surface area contributed by atoms with Crippen molar-refractivity contribution in [2.75, 3.05) is 30.5 Å². The maximum Gasteiger partial charge on any atom is 0.411 e. The minimum absolute atomic E-state index is 0.0921. The fourth-order valence-corrected chi connectivity index (χ4v) is 1.98. The number of nitrogens with one attached hydrogen (secondary N) is 2. The van der Waals surface area contributed by atoms with Crippen molar-refractivity contribution in [1.29, 1.82) is 0 Å². The molecule has 138 valence electrons. The maximum atomic E-state index is 11.6. The number of hydrogen-bond acceptors (Lipinski definition) is 5. The lowest BCUT2D eigenvalue weighted by Crippen LogP contribution is -2.24. The molecule has 0 heterocycles. The molecule has 2 amide bonds. The van der Waals surface area contributed by atoms with E-state index < -0.39 is 12.2 Å². The average molecular weight is 358 g/mol. The Morgan fingerprint density at radius 1 is 0.808 bits per heavy atom. The first-order valence-electron chi connectivity index (χ1n) is 8.23.